The molecule has 0 aromatic heterocycles. The number of rotatable bonds is 5. The van der Waals surface area contributed by atoms with E-state index in [-0.39, 0.29) is 0 Å². The third kappa shape index (κ3) is 4.16. The first-order chi connectivity index (χ1) is 11.3. The summed E-state index contributed by atoms with van der Waals surface area (Å²) in [6, 6.07) is 6.61. The summed E-state index contributed by atoms with van der Waals surface area (Å²) in [6.07, 6.45) is -8.26. The molecule has 8 nitrogen and oxygen atoms in total. The smallest absolute Gasteiger partial charge is 0.314 e. The summed E-state index contributed by atoms with van der Waals surface area (Å²) >= 11 is 0. The van der Waals surface area contributed by atoms with Crippen LogP contribution in [0.2, 0.25) is 0 Å². The van der Waals surface area contributed by atoms with Crippen LogP contribution in [0.25, 0.3) is 0 Å². The average Bonchev–Trinajstić information content (AvgIpc) is 2.55. The zero-order valence-electron chi connectivity index (χ0n) is 13.0. The fraction of sp³-hybridized carbons (Fsp3) is 0.500. The molecule has 5 atom stereocenters. The molecule has 132 valence electrons. The molecule has 1 unspecified atom stereocenters. The first-order valence-electron chi connectivity index (χ1n) is 7.43. The van der Waals surface area contributed by atoms with E-state index in [1.807, 2.05) is 6.92 Å². The fourth-order valence-corrected chi connectivity index (χ4v) is 2.37. The maximum atomic E-state index is 12.0. The number of benzene rings is 1. The van der Waals surface area contributed by atoms with Crippen molar-refractivity contribution in [3.05, 3.63) is 35.4 Å². The van der Waals surface area contributed by atoms with Crippen LogP contribution in [0.5, 0.6) is 0 Å². The number of carbonyl (C=O) groups is 2. The molecular weight excluding hydrogens is 320 g/mol. The molecule has 0 radical (unpaired) electrons. The van der Waals surface area contributed by atoms with Gasteiger partial charge in [-0.05, 0) is 6.92 Å². The minimum Gasteiger partial charge on any atom is -0.456 e. The molecular formula is C16H20O8. The van der Waals surface area contributed by atoms with Gasteiger partial charge < -0.3 is 29.9 Å². The highest BCUT2D eigenvalue weighted by Gasteiger charge is 2.46. The van der Waals surface area contributed by atoms with Crippen LogP contribution in [-0.4, -0.2) is 69.5 Å². The highest BCUT2D eigenvalue weighted by molar-refractivity contribution is 6.05. The number of aliphatic hydroxyl groups is 4. The molecule has 8 heteroatoms. The minimum atomic E-state index is -1.73. The molecule has 4 N–H and O–H groups in total. The first kappa shape index (κ1) is 18.5. The SMILES string of the molecule is Cc1ccc(C(=O)CC(=O)O[C@H]2[C@H](O)[C@@H](CO)OC(O)[C@@H]2O)cc1. The lowest BCUT2D eigenvalue weighted by Crippen LogP contribution is -2.59. The van der Waals surface area contributed by atoms with Crippen LogP contribution in [-0.2, 0) is 14.3 Å². The third-order valence-electron chi connectivity index (χ3n) is 3.79. The van der Waals surface area contributed by atoms with Gasteiger partial charge in [0.25, 0.3) is 0 Å². The molecule has 2 rings (SSSR count). The number of aryl methyl sites for hydroxylation is 1. The second kappa shape index (κ2) is 7.82. The first-order valence-corrected chi connectivity index (χ1v) is 7.43. The van der Waals surface area contributed by atoms with Gasteiger partial charge in [0, 0.05) is 5.56 Å². The second-order valence-corrected chi connectivity index (χ2v) is 5.65. The van der Waals surface area contributed by atoms with Crippen LogP contribution in [0.1, 0.15) is 22.3 Å². The van der Waals surface area contributed by atoms with E-state index in [4.69, 9.17) is 14.6 Å². The van der Waals surface area contributed by atoms with Crippen molar-refractivity contribution in [2.45, 2.75) is 44.1 Å². The van der Waals surface area contributed by atoms with Gasteiger partial charge in [-0.3, -0.25) is 9.59 Å². The molecule has 24 heavy (non-hydrogen) atoms. The van der Waals surface area contributed by atoms with Crippen molar-refractivity contribution in [2.24, 2.45) is 0 Å². The Hall–Kier alpha value is -1.84. The van der Waals surface area contributed by atoms with Gasteiger partial charge in [0.15, 0.2) is 18.2 Å². The van der Waals surface area contributed by atoms with Crippen molar-refractivity contribution < 1.29 is 39.5 Å². The standard InChI is InChI=1S/C16H20O8/c1-8-2-4-9(5-3-8)10(18)6-12(19)24-15-13(20)11(7-17)23-16(22)14(15)21/h2-5,11,13-17,20-22H,6-7H2,1H3/t11-,13-,14-,15+,16?/m1/s1. The highest BCUT2D eigenvalue weighted by Crippen LogP contribution is 2.23. The largest absolute Gasteiger partial charge is 0.456 e. The monoisotopic (exact) mass is 340 g/mol. The molecule has 1 aliphatic rings. The third-order valence-corrected chi connectivity index (χ3v) is 3.79. The van der Waals surface area contributed by atoms with Gasteiger partial charge in [-0.25, -0.2) is 0 Å². The molecule has 0 amide bonds. The number of aliphatic hydroxyl groups excluding tert-OH is 4. The Morgan fingerprint density at radius 3 is 2.33 bits per heavy atom. The molecule has 1 aromatic carbocycles. The van der Waals surface area contributed by atoms with Gasteiger partial charge in [-0.1, -0.05) is 29.8 Å². The minimum absolute atomic E-state index is 0.332. The number of ketones is 1. The van der Waals surface area contributed by atoms with E-state index < -0.39 is 55.5 Å². The van der Waals surface area contributed by atoms with Gasteiger partial charge in [0.05, 0.1) is 6.61 Å². The number of esters is 1. The number of hydrogen-bond donors (Lipinski definition) is 4. The van der Waals surface area contributed by atoms with E-state index >= 15 is 0 Å². The van der Waals surface area contributed by atoms with Crippen molar-refractivity contribution in [3.8, 4) is 0 Å². The van der Waals surface area contributed by atoms with Gasteiger partial charge in [-0.15, -0.1) is 0 Å². The summed E-state index contributed by atoms with van der Waals surface area (Å²) in [5.74, 6) is -1.44. The van der Waals surface area contributed by atoms with Crippen molar-refractivity contribution in [3.63, 3.8) is 0 Å². The Morgan fingerprint density at radius 1 is 1.12 bits per heavy atom. The molecule has 0 spiro atoms. The van der Waals surface area contributed by atoms with Crippen LogP contribution >= 0.6 is 0 Å². The normalized spacial score (nSPS) is 30.0. The van der Waals surface area contributed by atoms with E-state index in [1.165, 1.54) is 0 Å². The van der Waals surface area contributed by atoms with Crippen molar-refractivity contribution in [1.82, 2.24) is 0 Å². The molecule has 0 saturated carbocycles. The van der Waals surface area contributed by atoms with E-state index in [1.54, 1.807) is 24.3 Å². The van der Waals surface area contributed by atoms with Gasteiger partial charge in [-0.2, -0.15) is 0 Å². The summed E-state index contributed by atoms with van der Waals surface area (Å²) < 4.78 is 9.70. The van der Waals surface area contributed by atoms with Gasteiger partial charge >= 0.3 is 5.97 Å². The highest BCUT2D eigenvalue weighted by atomic mass is 16.7. The maximum absolute atomic E-state index is 12.0. The number of Topliss-reactive ketones (excluding diaryl/α,β-unsaturated/α-hetero) is 1. The summed E-state index contributed by atoms with van der Waals surface area (Å²) in [7, 11) is 0. The molecule has 1 fully saturated rings. The van der Waals surface area contributed by atoms with Crippen molar-refractivity contribution in [2.75, 3.05) is 6.61 Å². The number of hydrogen-bond acceptors (Lipinski definition) is 8. The van der Waals surface area contributed by atoms with Crippen molar-refractivity contribution >= 4 is 11.8 Å². The Kier molecular flexibility index (Phi) is 6.03. The Morgan fingerprint density at radius 2 is 1.75 bits per heavy atom. The van der Waals surface area contributed by atoms with E-state index in [2.05, 4.69) is 0 Å². The lowest BCUT2D eigenvalue weighted by Gasteiger charge is -2.39. The predicted octanol–water partition coefficient (Wildman–Crippen LogP) is -1.09. The topological polar surface area (TPSA) is 134 Å². The van der Waals surface area contributed by atoms with Crippen LogP contribution in [0, 0.1) is 6.92 Å². The molecule has 1 aliphatic heterocycles. The lowest BCUT2D eigenvalue weighted by atomic mass is 9.99. The zero-order chi connectivity index (χ0) is 17.9. The summed E-state index contributed by atoms with van der Waals surface area (Å²) in [4.78, 5) is 23.9. The molecule has 1 heterocycles. The Labute approximate surface area is 138 Å². The molecule has 1 aromatic rings. The van der Waals surface area contributed by atoms with Gasteiger partial charge in [0.1, 0.15) is 24.7 Å². The number of ether oxygens (including phenoxy) is 2. The number of carbonyl (C=O) groups excluding carboxylic acids is 2. The van der Waals surface area contributed by atoms with Crippen molar-refractivity contribution in [1.29, 1.82) is 0 Å². The Balaban J connectivity index is 1.99. The van der Waals surface area contributed by atoms with E-state index in [0.29, 0.717) is 5.56 Å². The quantitative estimate of drug-likeness (QED) is 0.302. The van der Waals surface area contributed by atoms with Crippen LogP contribution in [0.4, 0.5) is 0 Å². The Bertz CT molecular complexity index is 584. The maximum Gasteiger partial charge on any atom is 0.314 e. The lowest BCUT2D eigenvalue weighted by molar-refractivity contribution is -0.289. The zero-order valence-corrected chi connectivity index (χ0v) is 13.0. The summed E-state index contributed by atoms with van der Waals surface area (Å²) in [5.41, 5.74) is 1.30. The fourth-order valence-electron chi connectivity index (χ4n) is 2.37. The van der Waals surface area contributed by atoms with Gasteiger partial charge in [0.2, 0.25) is 0 Å². The van der Waals surface area contributed by atoms with E-state index in [0.717, 1.165) is 5.56 Å². The van der Waals surface area contributed by atoms with E-state index in [9.17, 15) is 24.9 Å². The molecule has 1 saturated heterocycles. The summed E-state index contributed by atoms with van der Waals surface area (Å²) in [6.45, 7) is 1.22. The van der Waals surface area contributed by atoms with Crippen LogP contribution < -0.4 is 0 Å². The van der Waals surface area contributed by atoms with Crippen LogP contribution in [0.3, 0.4) is 0 Å². The predicted molar refractivity (Wildman–Crippen MR) is 80.0 cm³/mol. The van der Waals surface area contributed by atoms with Crippen LogP contribution in [0.15, 0.2) is 24.3 Å². The average molecular weight is 340 g/mol. The molecule has 0 aliphatic carbocycles. The second-order valence-electron chi connectivity index (χ2n) is 5.65. The summed E-state index contributed by atoms with van der Waals surface area (Å²) in [5, 5.41) is 38.3. The molecule has 0 bridgehead atoms.